The van der Waals surface area contributed by atoms with Crippen molar-refractivity contribution in [1.82, 2.24) is 15.3 Å². The number of nitro groups is 1. The van der Waals surface area contributed by atoms with Crippen LogP contribution in [0.3, 0.4) is 0 Å². The van der Waals surface area contributed by atoms with Crippen LogP contribution in [0.4, 0.5) is 5.69 Å². The molecule has 1 saturated heterocycles. The predicted molar refractivity (Wildman–Crippen MR) is 81.1 cm³/mol. The van der Waals surface area contributed by atoms with Crippen LogP contribution in [0.5, 0.6) is 0 Å². The molecule has 2 atom stereocenters. The summed E-state index contributed by atoms with van der Waals surface area (Å²) in [5.41, 5.74) is 0.928. The molecule has 0 amide bonds. The van der Waals surface area contributed by atoms with Crippen LogP contribution >= 0.6 is 12.4 Å². The van der Waals surface area contributed by atoms with Crippen molar-refractivity contribution >= 4 is 39.9 Å². The van der Waals surface area contributed by atoms with E-state index in [9.17, 15) is 14.3 Å². The molecule has 1 fully saturated rings. The molecule has 1 N–H and O–H groups in total. The molecule has 1 aliphatic rings. The zero-order valence-electron chi connectivity index (χ0n) is 10.9. The highest BCUT2D eigenvalue weighted by atomic mass is 35.5. The topological polar surface area (TPSA) is 98.0 Å². The fourth-order valence-electron chi connectivity index (χ4n) is 2.17. The zero-order valence-corrected chi connectivity index (χ0v) is 12.5. The van der Waals surface area contributed by atoms with E-state index in [2.05, 4.69) is 15.3 Å². The van der Waals surface area contributed by atoms with Crippen molar-refractivity contribution in [3.05, 3.63) is 34.5 Å². The predicted octanol–water partition coefficient (Wildman–Crippen LogP) is 1.43. The van der Waals surface area contributed by atoms with Gasteiger partial charge in [0.2, 0.25) is 0 Å². The van der Waals surface area contributed by atoms with E-state index in [1.807, 2.05) is 0 Å². The number of benzene rings is 1. The van der Waals surface area contributed by atoms with Gasteiger partial charge in [0.25, 0.3) is 5.69 Å². The van der Waals surface area contributed by atoms with E-state index in [0.29, 0.717) is 22.6 Å². The molecule has 1 aromatic carbocycles. The summed E-state index contributed by atoms with van der Waals surface area (Å²) in [6, 6.07) is 4.28. The van der Waals surface area contributed by atoms with Gasteiger partial charge >= 0.3 is 0 Å². The smallest absolute Gasteiger partial charge is 0.271 e. The first-order chi connectivity index (χ1) is 9.65. The summed E-state index contributed by atoms with van der Waals surface area (Å²) in [7, 11) is -1.20. The summed E-state index contributed by atoms with van der Waals surface area (Å²) in [5.74, 6) is 0. The van der Waals surface area contributed by atoms with Crippen molar-refractivity contribution in [2.24, 2.45) is 0 Å². The van der Waals surface area contributed by atoms with Crippen molar-refractivity contribution in [2.45, 2.75) is 16.7 Å². The fourth-order valence-corrected chi connectivity index (χ4v) is 3.46. The monoisotopic (exact) mass is 328 g/mol. The number of halogens is 1. The number of nitro benzene ring substituents is 1. The second-order valence-corrected chi connectivity index (χ2v) is 6.23. The maximum absolute atomic E-state index is 12.3. The van der Waals surface area contributed by atoms with Crippen molar-refractivity contribution in [1.29, 1.82) is 0 Å². The van der Waals surface area contributed by atoms with Gasteiger partial charge < -0.3 is 5.32 Å². The molecule has 7 nitrogen and oxygen atoms in total. The lowest BCUT2D eigenvalue weighted by atomic mass is 10.3. The summed E-state index contributed by atoms with van der Waals surface area (Å²) in [5, 5.41) is 14.3. The SMILES string of the molecule is Cl.O=[N+]([O-])c1ccc2nc(S(=O)[C@H]3CCNC3)cnc2c1. The van der Waals surface area contributed by atoms with Gasteiger partial charge in [0.05, 0.1) is 38.2 Å². The molecule has 0 radical (unpaired) electrons. The first-order valence-corrected chi connectivity index (χ1v) is 7.39. The normalized spacial score (nSPS) is 19.1. The molecule has 2 heterocycles. The summed E-state index contributed by atoms with van der Waals surface area (Å²) >= 11 is 0. The largest absolute Gasteiger partial charge is 0.315 e. The number of nitrogens with zero attached hydrogens (tertiary/aromatic N) is 3. The van der Waals surface area contributed by atoms with Crippen LogP contribution in [0.2, 0.25) is 0 Å². The maximum atomic E-state index is 12.3. The molecule has 0 spiro atoms. The quantitative estimate of drug-likeness (QED) is 0.676. The lowest BCUT2D eigenvalue weighted by Gasteiger charge is -2.07. The molecule has 3 rings (SSSR count). The van der Waals surface area contributed by atoms with Gasteiger partial charge in [0.1, 0.15) is 5.03 Å². The summed E-state index contributed by atoms with van der Waals surface area (Å²) in [6.45, 7) is 1.58. The molecule has 1 aromatic heterocycles. The Labute approximate surface area is 129 Å². The number of hydrogen-bond donors (Lipinski definition) is 1. The highest BCUT2D eigenvalue weighted by Crippen LogP contribution is 2.20. The molecule has 1 aliphatic heterocycles. The number of hydrogen-bond acceptors (Lipinski definition) is 6. The highest BCUT2D eigenvalue weighted by Gasteiger charge is 2.23. The van der Waals surface area contributed by atoms with Crippen LogP contribution in [0.25, 0.3) is 11.0 Å². The Kier molecular flexibility index (Phi) is 4.81. The number of rotatable bonds is 3. The van der Waals surface area contributed by atoms with Crippen LogP contribution in [-0.4, -0.2) is 37.4 Å². The summed E-state index contributed by atoms with van der Waals surface area (Å²) in [6.07, 6.45) is 2.30. The second-order valence-electron chi connectivity index (χ2n) is 4.55. The molecule has 9 heteroatoms. The average molecular weight is 329 g/mol. The van der Waals surface area contributed by atoms with Gasteiger partial charge in [0.15, 0.2) is 0 Å². The highest BCUT2D eigenvalue weighted by molar-refractivity contribution is 7.85. The van der Waals surface area contributed by atoms with Gasteiger partial charge in [-0.2, -0.15) is 0 Å². The van der Waals surface area contributed by atoms with Crippen LogP contribution < -0.4 is 5.32 Å². The molecule has 0 saturated carbocycles. The molecule has 21 heavy (non-hydrogen) atoms. The minimum absolute atomic E-state index is 0. The molecule has 0 bridgehead atoms. The first kappa shape index (κ1) is 15.7. The molecular formula is C12H13ClN4O3S. The Hall–Kier alpha value is -1.64. The van der Waals surface area contributed by atoms with E-state index in [4.69, 9.17) is 0 Å². The van der Waals surface area contributed by atoms with E-state index in [1.165, 1.54) is 24.4 Å². The van der Waals surface area contributed by atoms with Crippen molar-refractivity contribution in [3.8, 4) is 0 Å². The third-order valence-electron chi connectivity index (χ3n) is 3.24. The lowest BCUT2D eigenvalue weighted by molar-refractivity contribution is -0.384. The Balaban J connectivity index is 0.00000161. The molecule has 0 aliphatic carbocycles. The maximum Gasteiger partial charge on any atom is 0.271 e. The Morgan fingerprint density at radius 1 is 1.38 bits per heavy atom. The fraction of sp³-hybridized carbons (Fsp3) is 0.333. The Morgan fingerprint density at radius 2 is 2.19 bits per heavy atom. The molecule has 112 valence electrons. The number of aromatic nitrogens is 2. The van der Waals surface area contributed by atoms with Crippen LogP contribution in [0.15, 0.2) is 29.4 Å². The Bertz CT molecular complexity index is 706. The average Bonchev–Trinajstić information content (AvgIpc) is 2.99. The van der Waals surface area contributed by atoms with Gasteiger partial charge in [0, 0.05) is 18.7 Å². The van der Waals surface area contributed by atoms with Crippen LogP contribution in [0.1, 0.15) is 6.42 Å². The van der Waals surface area contributed by atoms with Gasteiger partial charge in [-0.25, -0.2) is 4.98 Å². The summed E-state index contributed by atoms with van der Waals surface area (Å²) in [4.78, 5) is 18.7. The van der Waals surface area contributed by atoms with Gasteiger partial charge in [-0.3, -0.25) is 19.3 Å². The van der Waals surface area contributed by atoms with E-state index < -0.39 is 15.7 Å². The Morgan fingerprint density at radius 3 is 2.86 bits per heavy atom. The van der Waals surface area contributed by atoms with E-state index in [1.54, 1.807) is 0 Å². The van der Waals surface area contributed by atoms with E-state index in [0.717, 1.165) is 13.0 Å². The second kappa shape index (κ2) is 6.42. The molecule has 1 unspecified atom stereocenters. The number of fused-ring (bicyclic) bond motifs is 1. The number of non-ortho nitro benzene ring substituents is 1. The molecular weight excluding hydrogens is 316 g/mol. The van der Waals surface area contributed by atoms with Gasteiger partial charge in [-0.1, -0.05) is 0 Å². The van der Waals surface area contributed by atoms with Crippen LogP contribution in [0, 0.1) is 10.1 Å². The third-order valence-corrected chi connectivity index (χ3v) is 4.86. The van der Waals surface area contributed by atoms with Gasteiger partial charge in [-0.15, -0.1) is 12.4 Å². The van der Waals surface area contributed by atoms with Crippen LogP contribution in [-0.2, 0) is 10.8 Å². The van der Waals surface area contributed by atoms with Crippen molar-refractivity contribution < 1.29 is 9.13 Å². The van der Waals surface area contributed by atoms with Crippen molar-refractivity contribution in [3.63, 3.8) is 0 Å². The lowest BCUT2D eigenvalue weighted by Crippen LogP contribution is -2.19. The zero-order chi connectivity index (χ0) is 14.1. The minimum atomic E-state index is -1.20. The van der Waals surface area contributed by atoms with E-state index in [-0.39, 0.29) is 23.3 Å². The van der Waals surface area contributed by atoms with E-state index >= 15 is 0 Å². The first-order valence-electron chi connectivity index (χ1n) is 6.17. The van der Waals surface area contributed by atoms with Gasteiger partial charge in [-0.05, 0) is 19.0 Å². The third kappa shape index (κ3) is 3.17. The number of nitrogens with one attached hydrogen (secondary N) is 1. The standard InChI is InChI=1S/C12H12N4O3S.ClH/c17-16(18)8-1-2-10-11(5-8)14-7-12(15-10)20(19)9-3-4-13-6-9;/h1-2,5,7,9,13H,3-4,6H2;1H/t9-,20?;/m0./s1. The minimum Gasteiger partial charge on any atom is -0.315 e. The van der Waals surface area contributed by atoms with Crippen molar-refractivity contribution in [2.75, 3.05) is 13.1 Å². The molecule has 2 aromatic rings. The summed E-state index contributed by atoms with van der Waals surface area (Å²) < 4.78 is 12.3.